The van der Waals surface area contributed by atoms with Gasteiger partial charge < -0.3 is 10.6 Å². The van der Waals surface area contributed by atoms with Gasteiger partial charge in [0.2, 0.25) is 0 Å². The largest absolute Gasteiger partial charge is 0.322 e. The van der Waals surface area contributed by atoms with Crippen LogP contribution in [0.15, 0.2) is 54.6 Å². The summed E-state index contributed by atoms with van der Waals surface area (Å²) in [6.45, 7) is 1.18. The van der Waals surface area contributed by atoms with E-state index in [1.54, 1.807) is 0 Å². The second-order valence-corrected chi connectivity index (χ2v) is 6.74. The first-order valence-electron chi connectivity index (χ1n) is 8.49. The number of carbonyl (C=O) groups excluding carboxylic acids is 1. The Morgan fingerprint density at radius 2 is 1.71 bits per heavy atom. The standard InChI is InChI=1S/C20H22N2O.ClH/c23-20(22-17-4-2-1-3-5-17)16-10-8-15(9-11-16)18-12-19(18)21-13-14-6-7-14;/h1-5,8-11,14,18-19,21H,6-7,12-13H2,(H,22,23);1H. The van der Waals surface area contributed by atoms with E-state index in [2.05, 4.69) is 22.8 Å². The fourth-order valence-corrected chi connectivity index (χ4v) is 3.04. The van der Waals surface area contributed by atoms with Gasteiger partial charge >= 0.3 is 0 Å². The van der Waals surface area contributed by atoms with Crippen molar-refractivity contribution in [3.8, 4) is 0 Å². The summed E-state index contributed by atoms with van der Waals surface area (Å²) in [4.78, 5) is 12.2. The molecule has 4 rings (SSSR count). The maximum absolute atomic E-state index is 12.2. The average molecular weight is 343 g/mol. The van der Waals surface area contributed by atoms with Gasteiger partial charge in [0, 0.05) is 23.2 Å². The molecule has 2 fully saturated rings. The van der Waals surface area contributed by atoms with E-state index in [4.69, 9.17) is 0 Å². The lowest BCUT2D eigenvalue weighted by Gasteiger charge is -2.07. The molecule has 126 valence electrons. The summed E-state index contributed by atoms with van der Waals surface area (Å²) >= 11 is 0. The molecule has 0 aromatic heterocycles. The minimum absolute atomic E-state index is 0. The van der Waals surface area contributed by atoms with Gasteiger partial charge in [0.05, 0.1) is 0 Å². The number of carbonyl (C=O) groups is 1. The maximum Gasteiger partial charge on any atom is 0.255 e. The van der Waals surface area contributed by atoms with Crippen molar-refractivity contribution in [3.63, 3.8) is 0 Å². The molecule has 2 aromatic rings. The lowest BCUT2D eigenvalue weighted by atomic mass is 10.1. The topological polar surface area (TPSA) is 41.1 Å². The normalized spacial score (nSPS) is 21.7. The Hall–Kier alpha value is -1.84. The summed E-state index contributed by atoms with van der Waals surface area (Å²) in [7, 11) is 0. The second kappa shape index (κ2) is 7.37. The maximum atomic E-state index is 12.2. The quantitative estimate of drug-likeness (QED) is 0.825. The fourth-order valence-electron chi connectivity index (χ4n) is 3.04. The summed E-state index contributed by atoms with van der Waals surface area (Å²) in [5.41, 5.74) is 2.88. The van der Waals surface area contributed by atoms with Gasteiger partial charge in [-0.2, -0.15) is 0 Å². The van der Waals surface area contributed by atoms with Gasteiger partial charge in [-0.3, -0.25) is 4.79 Å². The zero-order valence-corrected chi connectivity index (χ0v) is 14.4. The van der Waals surface area contributed by atoms with Crippen LogP contribution in [0.4, 0.5) is 5.69 Å². The Labute approximate surface area is 149 Å². The molecular formula is C20H23ClN2O. The molecule has 24 heavy (non-hydrogen) atoms. The summed E-state index contributed by atoms with van der Waals surface area (Å²) in [5.74, 6) is 1.50. The zero-order valence-electron chi connectivity index (χ0n) is 13.6. The summed E-state index contributed by atoms with van der Waals surface area (Å²) in [6.07, 6.45) is 4.02. The Morgan fingerprint density at radius 1 is 1.00 bits per heavy atom. The van der Waals surface area contributed by atoms with E-state index in [-0.39, 0.29) is 18.3 Å². The van der Waals surface area contributed by atoms with Crippen LogP contribution in [-0.2, 0) is 0 Å². The number of anilines is 1. The second-order valence-electron chi connectivity index (χ2n) is 6.74. The highest BCUT2D eigenvalue weighted by atomic mass is 35.5. The van der Waals surface area contributed by atoms with Gasteiger partial charge in [0.15, 0.2) is 0 Å². The van der Waals surface area contributed by atoms with Crippen LogP contribution in [0.3, 0.4) is 0 Å². The van der Waals surface area contributed by atoms with Gasteiger partial charge in [-0.25, -0.2) is 0 Å². The number of rotatable bonds is 6. The van der Waals surface area contributed by atoms with E-state index in [0.717, 1.165) is 11.6 Å². The van der Waals surface area contributed by atoms with Crippen LogP contribution in [0.1, 0.15) is 41.1 Å². The Morgan fingerprint density at radius 3 is 2.38 bits per heavy atom. The number of hydrogen-bond donors (Lipinski definition) is 2. The molecule has 2 atom stereocenters. The predicted octanol–water partition coefficient (Wildman–Crippen LogP) is 4.22. The first-order chi connectivity index (χ1) is 11.3. The molecule has 1 amide bonds. The third kappa shape index (κ3) is 4.16. The highest BCUT2D eigenvalue weighted by molar-refractivity contribution is 6.04. The Balaban J connectivity index is 0.00000169. The molecule has 2 aliphatic rings. The van der Waals surface area contributed by atoms with Crippen LogP contribution < -0.4 is 10.6 Å². The minimum atomic E-state index is -0.0537. The third-order valence-electron chi connectivity index (χ3n) is 4.79. The van der Waals surface area contributed by atoms with Crippen molar-refractivity contribution in [1.82, 2.24) is 5.32 Å². The van der Waals surface area contributed by atoms with Crippen molar-refractivity contribution in [2.45, 2.75) is 31.2 Å². The van der Waals surface area contributed by atoms with Crippen molar-refractivity contribution in [2.24, 2.45) is 5.92 Å². The Bertz CT molecular complexity index is 683. The van der Waals surface area contributed by atoms with Crippen molar-refractivity contribution < 1.29 is 4.79 Å². The molecule has 3 nitrogen and oxygen atoms in total. The molecule has 2 saturated carbocycles. The monoisotopic (exact) mass is 342 g/mol. The number of benzene rings is 2. The molecule has 2 aliphatic carbocycles. The van der Waals surface area contributed by atoms with E-state index in [1.807, 2.05) is 42.5 Å². The van der Waals surface area contributed by atoms with Crippen LogP contribution in [-0.4, -0.2) is 18.5 Å². The van der Waals surface area contributed by atoms with Crippen LogP contribution in [0.25, 0.3) is 0 Å². The van der Waals surface area contributed by atoms with Gasteiger partial charge in [0.25, 0.3) is 5.91 Å². The lowest BCUT2D eigenvalue weighted by Crippen LogP contribution is -2.20. The highest BCUT2D eigenvalue weighted by Crippen LogP contribution is 2.41. The van der Waals surface area contributed by atoms with E-state index in [0.29, 0.717) is 17.5 Å². The zero-order chi connectivity index (χ0) is 15.6. The van der Waals surface area contributed by atoms with Gasteiger partial charge in [-0.05, 0) is 61.6 Å². The molecule has 0 aliphatic heterocycles. The molecule has 2 N–H and O–H groups in total. The fraction of sp³-hybridized carbons (Fsp3) is 0.350. The molecule has 0 radical (unpaired) electrons. The SMILES string of the molecule is Cl.O=C(Nc1ccccc1)c1ccc(C2CC2NCC2CC2)cc1. The number of hydrogen-bond acceptors (Lipinski definition) is 2. The van der Waals surface area contributed by atoms with Gasteiger partial charge in [-0.1, -0.05) is 30.3 Å². The average Bonchev–Trinajstić information content (AvgIpc) is 3.48. The molecule has 2 aromatic carbocycles. The molecule has 0 heterocycles. The minimum Gasteiger partial charge on any atom is -0.322 e. The first-order valence-corrected chi connectivity index (χ1v) is 8.49. The van der Waals surface area contributed by atoms with Crippen LogP contribution in [0, 0.1) is 5.92 Å². The molecule has 2 unspecified atom stereocenters. The van der Waals surface area contributed by atoms with Crippen molar-refractivity contribution in [1.29, 1.82) is 0 Å². The Kier molecular flexibility index (Phi) is 5.22. The van der Waals surface area contributed by atoms with Crippen LogP contribution in [0.5, 0.6) is 0 Å². The summed E-state index contributed by atoms with van der Waals surface area (Å²) in [5, 5.41) is 6.58. The van der Waals surface area contributed by atoms with Gasteiger partial charge in [0.1, 0.15) is 0 Å². The highest BCUT2D eigenvalue weighted by Gasteiger charge is 2.38. The van der Waals surface area contributed by atoms with Gasteiger partial charge in [-0.15, -0.1) is 12.4 Å². The molecule has 0 bridgehead atoms. The molecule has 0 spiro atoms. The number of halogens is 1. The first kappa shape index (κ1) is 17.0. The van der Waals surface area contributed by atoms with E-state index >= 15 is 0 Å². The lowest BCUT2D eigenvalue weighted by molar-refractivity contribution is 0.102. The molecule has 4 heteroatoms. The number of amides is 1. The molecule has 0 saturated heterocycles. The van der Waals surface area contributed by atoms with Crippen LogP contribution in [0.2, 0.25) is 0 Å². The van der Waals surface area contributed by atoms with E-state index in [1.165, 1.54) is 31.4 Å². The number of nitrogens with one attached hydrogen (secondary N) is 2. The van der Waals surface area contributed by atoms with E-state index < -0.39 is 0 Å². The smallest absolute Gasteiger partial charge is 0.255 e. The summed E-state index contributed by atoms with van der Waals surface area (Å²) in [6, 6.07) is 18.3. The van der Waals surface area contributed by atoms with Crippen molar-refractivity contribution in [3.05, 3.63) is 65.7 Å². The number of para-hydroxylation sites is 1. The van der Waals surface area contributed by atoms with Crippen LogP contribution >= 0.6 is 12.4 Å². The van der Waals surface area contributed by atoms with Crippen molar-refractivity contribution in [2.75, 3.05) is 11.9 Å². The predicted molar refractivity (Wildman–Crippen MR) is 100.0 cm³/mol. The third-order valence-corrected chi connectivity index (χ3v) is 4.79. The molecular weight excluding hydrogens is 320 g/mol. The van der Waals surface area contributed by atoms with E-state index in [9.17, 15) is 4.79 Å². The van der Waals surface area contributed by atoms with Crippen molar-refractivity contribution >= 4 is 24.0 Å². The summed E-state index contributed by atoms with van der Waals surface area (Å²) < 4.78 is 0.